The van der Waals surface area contributed by atoms with E-state index < -0.39 is 0 Å². The molecule has 8 aromatic heterocycles. The van der Waals surface area contributed by atoms with Crippen LogP contribution in [-0.4, -0.2) is 39.9 Å². The molecular weight excluding hydrogens is 1710 g/mol. The van der Waals surface area contributed by atoms with Gasteiger partial charge in [-0.2, -0.15) is 0 Å². The molecule has 28 rings (SSSR count). The van der Waals surface area contributed by atoms with E-state index in [9.17, 15) is 0 Å². The van der Waals surface area contributed by atoms with Crippen LogP contribution in [0.25, 0.3) is 266 Å². The number of para-hydroxylation sites is 5. The molecule has 0 fully saturated rings. The average molecular weight is 1790 g/mol. The van der Waals surface area contributed by atoms with Crippen molar-refractivity contribution >= 4 is 132 Å². The Morgan fingerprint density at radius 2 is 0.407 bits per heavy atom. The van der Waals surface area contributed by atoms with Gasteiger partial charge in [-0.1, -0.05) is 394 Å². The molecule has 656 valence electrons. The fraction of sp³-hybridized carbons (Fsp3) is 0. The van der Waals surface area contributed by atoms with Gasteiger partial charge in [0.2, 0.25) is 0 Å². The van der Waals surface area contributed by atoms with Gasteiger partial charge < -0.3 is 17.7 Å². The molecule has 0 atom stereocenters. The Hall–Kier alpha value is -19.0. The summed E-state index contributed by atoms with van der Waals surface area (Å²) in [7, 11) is 0. The van der Waals surface area contributed by atoms with Gasteiger partial charge in [0.05, 0.1) is 67.3 Å². The van der Waals surface area contributed by atoms with Gasteiger partial charge in [0.25, 0.3) is 0 Å². The fourth-order valence-electron chi connectivity index (χ4n) is 19.4. The van der Waals surface area contributed by atoms with Gasteiger partial charge in [-0.3, -0.25) is 0 Å². The second-order valence-corrected chi connectivity index (χ2v) is 34.5. The average Bonchev–Trinajstić information content (AvgIpc) is 1.41. The maximum absolute atomic E-state index is 6.16. The summed E-state index contributed by atoms with van der Waals surface area (Å²) in [6.07, 6.45) is 0. The number of aromatic nitrogens is 8. The van der Waals surface area contributed by atoms with Crippen molar-refractivity contribution in [3.63, 3.8) is 0 Å². The van der Waals surface area contributed by atoms with Crippen LogP contribution in [0.1, 0.15) is 0 Å². The van der Waals surface area contributed by atoms with Crippen LogP contribution in [0.15, 0.2) is 503 Å². The summed E-state index contributed by atoms with van der Waals surface area (Å²) < 4.78 is 24.5. The summed E-state index contributed by atoms with van der Waals surface area (Å²) in [6, 6.07) is 165. The minimum atomic E-state index is 0.723. The first kappa shape index (κ1) is 82.8. The van der Waals surface area contributed by atoms with Crippen LogP contribution >= 0.6 is 0 Å². The summed E-state index contributed by atoms with van der Waals surface area (Å²) in [5.41, 5.74) is 35.1. The zero-order valence-corrected chi connectivity index (χ0v) is 75.4. The third-order valence-electron chi connectivity index (χ3n) is 25.9. The van der Waals surface area contributed by atoms with E-state index in [2.05, 4.69) is 249 Å². The molecular formula is C128H80N8O4. The van der Waals surface area contributed by atoms with Crippen molar-refractivity contribution in [2.75, 3.05) is 0 Å². The van der Waals surface area contributed by atoms with Gasteiger partial charge >= 0.3 is 0 Å². The van der Waals surface area contributed by atoms with Crippen molar-refractivity contribution in [1.82, 2.24) is 39.9 Å². The predicted octanol–water partition coefficient (Wildman–Crippen LogP) is 34.1. The molecule has 28 aromatic rings. The van der Waals surface area contributed by atoms with Crippen LogP contribution in [0.5, 0.6) is 0 Å². The highest BCUT2D eigenvalue weighted by Crippen LogP contribution is 2.46. The van der Waals surface area contributed by atoms with Crippen LogP contribution in [0.2, 0.25) is 0 Å². The molecule has 0 radical (unpaired) electrons. The van der Waals surface area contributed by atoms with E-state index in [1.165, 1.54) is 0 Å². The molecule has 140 heavy (non-hydrogen) atoms. The van der Waals surface area contributed by atoms with Crippen LogP contribution in [-0.2, 0) is 0 Å². The summed E-state index contributed by atoms with van der Waals surface area (Å²) in [4.78, 5) is 40.7. The molecule has 0 aliphatic heterocycles. The first-order chi connectivity index (χ1) is 69.4. The van der Waals surface area contributed by atoms with Crippen LogP contribution in [0, 0.1) is 0 Å². The molecule has 0 aliphatic rings. The Bertz CT molecular complexity index is 9510. The maximum Gasteiger partial charge on any atom is 0.160 e. The Balaban J connectivity index is 0.0000000985. The Kier molecular flexibility index (Phi) is 21.3. The third kappa shape index (κ3) is 15.6. The van der Waals surface area contributed by atoms with Crippen molar-refractivity contribution in [2.24, 2.45) is 0 Å². The minimum Gasteiger partial charge on any atom is -0.456 e. The largest absolute Gasteiger partial charge is 0.456 e. The normalized spacial score (nSPS) is 11.4. The van der Waals surface area contributed by atoms with Crippen molar-refractivity contribution < 1.29 is 17.7 Å². The van der Waals surface area contributed by atoms with E-state index in [-0.39, 0.29) is 0 Å². The zero-order valence-electron chi connectivity index (χ0n) is 75.4. The van der Waals surface area contributed by atoms with Gasteiger partial charge in [-0.15, -0.1) is 0 Å². The number of hydrogen-bond donors (Lipinski definition) is 0. The Labute approximate surface area is 803 Å². The highest BCUT2D eigenvalue weighted by atomic mass is 16.3. The van der Waals surface area contributed by atoms with Crippen molar-refractivity contribution in [3.8, 4) is 135 Å². The molecule has 12 heteroatoms. The van der Waals surface area contributed by atoms with E-state index in [0.29, 0.717) is 0 Å². The zero-order chi connectivity index (χ0) is 92.8. The monoisotopic (exact) mass is 1790 g/mol. The lowest BCUT2D eigenvalue weighted by Gasteiger charge is -2.13. The van der Waals surface area contributed by atoms with Crippen LogP contribution in [0.4, 0.5) is 0 Å². The van der Waals surface area contributed by atoms with Gasteiger partial charge in [0, 0.05) is 104 Å². The van der Waals surface area contributed by atoms with Gasteiger partial charge in [-0.05, 0) is 130 Å². The van der Waals surface area contributed by atoms with Crippen molar-refractivity contribution in [1.29, 1.82) is 0 Å². The highest BCUT2D eigenvalue weighted by molar-refractivity contribution is 6.18. The summed E-state index contributed by atoms with van der Waals surface area (Å²) in [5.74, 6) is 1.45. The van der Waals surface area contributed by atoms with Crippen molar-refractivity contribution in [2.45, 2.75) is 0 Å². The molecule has 0 aliphatic carbocycles. The lowest BCUT2D eigenvalue weighted by atomic mass is 9.96. The standard InChI is InChI=1S/4C32H20N2O/c1-3-11-21(12-4-1)30-31(22-13-5-2-6-14-22)34-32-24(17-9-18-26(32)33-30)23-16-10-20-28-29(23)25-15-7-8-19-27(25)35-28;1-3-10-21(11-4-1)31-25-19-18-23(20-27(25)33-32(34-31)22-12-5-2-6-13-22)24-15-9-17-29-30(24)26-14-7-8-16-28(26)35-29;1-3-10-21(11-4-1)31-26-20-23(18-19-27(26)33-32(34-31)22-12-5-2-6-13-22)24-15-9-17-29-30(24)25-14-7-8-16-28(25)35-29;1-3-10-21(11-4-1)31-32(22-12-5-2-6-13-22)34-27-20-23(18-19-26(27)33-31)24-15-9-17-29-30(24)25-14-7-8-16-28(25)35-29/h4*1-20H. The second-order valence-electron chi connectivity index (χ2n) is 34.5. The van der Waals surface area contributed by atoms with E-state index in [4.69, 9.17) is 57.5 Å². The molecule has 0 amide bonds. The number of fused-ring (bicyclic) bond motifs is 16. The maximum atomic E-state index is 6.16. The summed E-state index contributed by atoms with van der Waals surface area (Å²) in [5, 5.41) is 11.0. The Morgan fingerprint density at radius 3 is 0.814 bits per heavy atom. The van der Waals surface area contributed by atoms with E-state index in [1.54, 1.807) is 0 Å². The molecule has 0 bridgehead atoms. The van der Waals surface area contributed by atoms with Gasteiger partial charge in [0.15, 0.2) is 11.6 Å². The first-order valence-electron chi connectivity index (χ1n) is 46.7. The quantitative estimate of drug-likeness (QED) is 0.114. The van der Waals surface area contributed by atoms with E-state index in [1.807, 2.05) is 237 Å². The number of rotatable bonds is 12. The Morgan fingerprint density at radius 1 is 0.129 bits per heavy atom. The predicted molar refractivity (Wildman–Crippen MR) is 572 cm³/mol. The van der Waals surface area contributed by atoms with Gasteiger partial charge in [0.1, 0.15) is 44.7 Å². The van der Waals surface area contributed by atoms with Crippen LogP contribution < -0.4 is 0 Å². The van der Waals surface area contributed by atoms with Crippen LogP contribution in [0.3, 0.4) is 0 Å². The van der Waals surface area contributed by atoms with E-state index >= 15 is 0 Å². The van der Waals surface area contributed by atoms with Crippen molar-refractivity contribution in [3.05, 3.63) is 485 Å². The smallest absolute Gasteiger partial charge is 0.160 e. The molecule has 0 spiro atoms. The molecule has 0 N–H and O–H groups in total. The number of furan rings is 4. The lowest BCUT2D eigenvalue weighted by Crippen LogP contribution is -1.97. The van der Waals surface area contributed by atoms with E-state index in [0.717, 1.165) is 266 Å². The summed E-state index contributed by atoms with van der Waals surface area (Å²) >= 11 is 0. The third-order valence-corrected chi connectivity index (χ3v) is 25.9. The highest BCUT2D eigenvalue weighted by Gasteiger charge is 2.24. The molecule has 0 unspecified atom stereocenters. The number of hydrogen-bond acceptors (Lipinski definition) is 12. The summed E-state index contributed by atoms with van der Waals surface area (Å²) in [6.45, 7) is 0. The molecule has 12 nitrogen and oxygen atoms in total. The lowest BCUT2D eigenvalue weighted by molar-refractivity contribution is 0.668. The van der Waals surface area contributed by atoms with Gasteiger partial charge in [-0.25, -0.2) is 39.9 Å². The number of benzene rings is 20. The SMILES string of the molecule is c1ccc(-c2nc(-c3ccccc3)c3cc(-c4cccc5oc6ccccc6c45)ccc3n2)cc1.c1ccc(-c2nc(-c3ccccc3)c3ccc(-c4cccc5oc6ccccc6c45)cc3n2)cc1.c1ccc(-c2nc3ccc(-c4cccc5oc6ccccc6c45)cc3nc2-c2ccccc2)cc1.c1ccc(-c2nc3cccc(-c4cccc5oc6ccccc6c45)c3nc2-c2ccccc2)cc1. The minimum absolute atomic E-state index is 0.723. The molecule has 0 saturated heterocycles. The second kappa shape index (κ2) is 36.1. The molecule has 8 heterocycles. The topological polar surface area (TPSA) is 156 Å². The molecule has 0 saturated carbocycles. The fourth-order valence-corrected chi connectivity index (χ4v) is 19.4. The molecule has 20 aromatic carbocycles. The number of nitrogens with zero attached hydrogens (tertiary/aromatic N) is 8. The first-order valence-corrected chi connectivity index (χ1v) is 46.7.